The molecule has 0 bridgehead atoms. The molecule has 41 heavy (non-hydrogen) atoms. The van der Waals surface area contributed by atoms with Crippen LogP contribution in [0.1, 0.15) is 24.0 Å². The quantitative estimate of drug-likeness (QED) is 0.313. The van der Waals surface area contributed by atoms with Crippen molar-refractivity contribution in [3.05, 3.63) is 96.1 Å². The molecule has 3 aromatic carbocycles. The monoisotopic (exact) mass is 579 g/mol. The van der Waals surface area contributed by atoms with Crippen molar-refractivity contribution in [3.8, 4) is 5.75 Å². The van der Waals surface area contributed by atoms with Gasteiger partial charge in [-0.05, 0) is 41.8 Å². The van der Waals surface area contributed by atoms with Gasteiger partial charge in [0.2, 0.25) is 5.91 Å². The van der Waals surface area contributed by atoms with Crippen LogP contribution in [-0.4, -0.2) is 63.3 Å². The number of carbonyl (C=O) groups excluding carboxylic acids is 3. The van der Waals surface area contributed by atoms with Gasteiger partial charge >= 0.3 is 16.2 Å². The number of alkyl carbamates (subject to hydrolysis) is 1. The van der Waals surface area contributed by atoms with Gasteiger partial charge in [-0.2, -0.15) is 8.42 Å². The van der Waals surface area contributed by atoms with E-state index in [2.05, 4.69) is 10.6 Å². The molecule has 2 amide bonds. The molecule has 0 aromatic heterocycles. The van der Waals surface area contributed by atoms with E-state index in [1.807, 2.05) is 30.3 Å². The third-order valence-electron chi connectivity index (χ3n) is 6.55. The van der Waals surface area contributed by atoms with E-state index in [9.17, 15) is 22.8 Å². The van der Waals surface area contributed by atoms with Crippen molar-refractivity contribution in [2.75, 3.05) is 26.2 Å². The maximum atomic E-state index is 13.2. The fourth-order valence-electron chi connectivity index (χ4n) is 4.31. The number of hydrogen-bond donors (Lipinski definition) is 2. The zero-order valence-electron chi connectivity index (χ0n) is 22.5. The smallest absolute Gasteiger partial charge is 0.408 e. The van der Waals surface area contributed by atoms with Crippen molar-refractivity contribution in [2.45, 2.75) is 36.8 Å². The summed E-state index contributed by atoms with van der Waals surface area (Å²) in [5.74, 6) is -0.305. The van der Waals surface area contributed by atoms with Crippen LogP contribution in [0.4, 0.5) is 4.79 Å². The third kappa shape index (κ3) is 9.16. The summed E-state index contributed by atoms with van der Waals surface area (Å²) in [6, 6.07) is 22.2. The minimum atomic E-state index is -4.00. The number of hydrogen-bond acceptors (Lipinski definition) is 8. The van der Waals surface area contributed by atoms with Gasteiger partial charge in [-0.1, -0.05) is 60.7 Å². The van der Waals surface area contributed by atoms with E-state index in [-0.39, 0.29) is 48.2 Å². The van der Waals surface area contributed by atoms with E-state index in [1.54, 1.807) is 35.2 Å². The second-order valence-corrected chi connectivity index (χ2v) is 11.1. The number of piperazine rings is 1. The molecular formula is C30H33N3O7S. The normalized spacial score (nSPS) is 14.1. The van der Waals surface area contributed by atoms with Crippen LogP contribution in [0.3, 0.4) is 0 Å². The Kier molecular flexibility index (Phi) is 10.5. The standard InChI is InChI=1S/C30H33N3O7S/c34-28(15-16-29(35)33-19-17-31-18-20-33)27(32-30(36)39-22-24-7-3-1-4-8-24)21-23-11-13-25(14-12-23)40-41(37,38)26-9-5-2-6-10-26/h1-14,27,31H,15-22H2,(H,32,36)/t27-/m0/s1. The molecule has 0 saturated carbocycles. The van der Waals surface area contributed by atoms with Crippen LogP contribution in [0, 0.1) is 0 Å². The molecule has 0 spiro atoms. The second kappa shape index (κ2) is 14.4. The molecule has 2 N–H and O–H groups in total. The number of amides is 2. The Morgan fingerprint density at radius 3 is 2.12 bits per heavy atom. The molecule has 216 valence electrons. The van der Waals surface area contributed by atoms with Crippen molar-refractivity contribution in [1.82, 2.24) is 15.5 Å². The predicted octanol–water partition coefficient (Wildman–Crippen LogP) is 3.07. The SMILES string of the molecule is O=C(N[C@@H](Cc1ccc(OS(=O)(=O)c2ccccc2)cc1)C(=O)CCC(=O)N1CCNCC1)OCc1ccccc1. The van der Waals surface area contributed by atoms with Crippen molar-refractivity contribution >= 4 is 27.9 Å². The first-order chi connectivity index (χ1) is 19.8. The molecule has 1 aliphatic heterocycles. The fourth-order valence-corrected chi connectivity index (χ4v) is 5.26. The van der Waals surface area contributed by atoms with E-state index in [4.69, 9.17) is 8.92 Å². The highest BCUT2D eigenvalue weighted by atomic mass is 32.2. The molecule has 1 saturated heterocycles. The molecule has 1 atom stereocenters. The molecular weight excluding hydrogens is 546 g/mol. The number of carbonyl (C=O) groups is 3. The number of benzene rings is 3. The van der Waals surface area contributed by atoms with E-state index in [0.717, 1.165) is 5.56 Å². The summed E-state index contributed by atoms with van der Waals surface area (Å²) < 4.78 is 35.6. The van der Waals surface area contributed by atoms with Crippen LogP contribution in [0.25, 0.3) is 0 Å². The number of nitrogens with zero attached hydrogens (tertiary/aromatic N) is 1. The lowest BCUT2D eigenvalue weighted by Gasteiger charge is -2.27. The zero-order chi connectivity index (χ0) is 29.1. The largest absolute Gasteiger partial charge is 0.445 e. The molecule has 1 fully saturated rings. The van der Waals surface area contributed by atoms with Crippen LogP contribution < -0.4 is 14.8 Å². The molecule has 11 heteroatoms. The van der Waals surface area contributed by atoms with Crippen molar-refractivity contribution < 1.29 is 31.7 Å². The van der Waals surface area contributed by atoms with E-state index in [1.165, 1.54) is 24.3 Å². The first-order valence-electron chi connectivity index (χ1n) is 13.4. The molecule has 4 rings (SSSR count). The molecule has 1 heterocycles. The Labute approximate surface area is 239 Å². The lowest BCUT2D eigenvalue weighted by atomic mass is 9.99. The average Bonchev–Trinajstić information content (AvgIpc) is 3.00. The van der Waals surface area contributed by atoms with Gasteiger partial charge in [0, 0.05) is 39.0 Å². The Bertz CT molecular complexity index is 1410. The highest BCUT2D eigenvalue weighted by Crippen LogP contribution is 2.20. The van der Waals surface area contributed by atoms with Crippen LogP contribution in [-0.2, 0) is 37.5 Å². The minimum Gasteiger partial charge on any atom is -0.445 e. The van der Waals surface area contributed by atoms with E-state index < -0.39 is 22.3 Å². The van der Waals surface area contributed by atoms with Crippen LogP contribution in [0.2, 0.25) is 0 Å². The number of nitrogens with one attached hydrogen (secondary N) is 2. The van der Waals surface area contributed by atoms with Gasteiger partial charge in [-0.15, -0.1) is 0 Å². The number of ketones is 1. The summed E-state index contributed by atoms with van der Waals surface area (Å²) in [4.78, 5) is 40.1. The van der Waals surface area contributed by atoms with Gasteiger partial charge in [-0.25, -0.2) is 4.79 Å². The van der Waals surface area contributed by atoms with Gasteiger partial charge in [0.25, 0.3) is 0 Å². The lowest BCUT2D eigenvalue weighted by Crippen LogP contribution is -2.47. The summed E-state index contributed by atoms with van der Waals surface area (Å²) >= 11 is 0. The minimum absolute atomic E-state index is 0.0308. The molecule has 3 aromatic rings. The Morgan fingerprint density at radius 2 is 1.46 bits per heavy atom. The molecule has 10 nitrogen and oxygen atoms in total. The zero-order valence-corrected chi connectivity index (χ0v) is 23.3. The Hall–Kier alpha value is -4.22. The lowest BCUT2D eigenvalue weighted by molar-refractivity contribution is -0.134. The van der Waals surface area contributed by atoms with Gasteiger partial charge in [-0.3, -0.25) is 9.59 Å². The van der Waals surface area contributed by atoms with Crippen LogP contribution >= 0.6 is 0 Å². The average molecular weight is 580 g/mol. The topological polar surface area (TPSA) is 131 Å². The highest BCUT2D eigenvalue weighted by Gasteiger charge is 2.25. The molecule has 0 aliphatic carbocycles. The summed E-state index contributed by atoms with van der Waals surface area (Å²) in [5, 5.41) is 5.83. The van der Waals surface area contributed by atoms with E-state index in [0.29, 0.717) is 31.7 Å². The van der Waals surface area contributed by atoms with Gasteiger partial charge in [0.15, 0.2) is 5.78 Å². The van der Waals surface area contributed by atoms with Crippen molar-refractivity contribution in [1.29, 1.82) is 0 Å². The number of rotatable bonds is 12. The van der Waals surface area contributed by atoms with Crippen molar-refractivity contribution in [2.24, 2.45) is 0 Å². The maximum absolute atomic E-state index is 13.2. The predicted molar refractivity (Wildman–Crippen MR) is 152 cm³/mol. The van der Waals surface area contributed by atoms with Gasteiger partial charge in [0.1, 0.15) is 17.3 Å². The first kappa shape index (κ1) is 29.8. The molecule has 0 radical (unpaired) electrons. The number of Topliss-reactive ketones (excluding diaryl/α,β-unsaturated/α-hetero) is 1. The summed E-state index contributed by atoms with van der Waals surface area (Å²) in [7, 11) is -4.00. The van der Waals surface area contributed by atoms with Crippen molar-refractivity contribution in [3.63, 3.8) is 0 Å². The summed E-state index contributed by atoms with van der Waals surface area (Å²) in [6.45, 7) is 2.65. The van der Waals surface area contributed by atoms with E-state index >= 15 is 0 Å². The molecule has 1 aliphatic rings. The highest BCUT2D eigenvalue weighted by molar-refractivity contribution is 7.87. The summed E-state index contributed by atoms with van der Waals surface area (Å²) in [5.41, 5.74) is 1.46. The van der Waals surface area contributed by atoms with Gasteiger partial charge in [0.05, 0.1) is 6.04 Å². The van der Waals surface area contributed by atoms with Gasteiger partial charge < -0.3 is 24.5 Å². The molecule has 0 unspecified atom stereocenters. The van der Waals surface area contributed by atoms with Crippen LogP contribution in [0.15, 0.2) is 89.8 Å². The first-order valence-corrected chi connectivity index (χ1v) is 14.8. The second-order valence-electron chi connectivity index (χ2n) is 9.55. The summed E-state index contributed by atoms with van der Waals surface area (Å²) in [6.07, 6.45) is -0.634. The number of ether oxygens (including phenoxy) is 1. The Balaban J connectivity index is 1.40. The Morgan fingerprint density at radius 1 is 0.829 bits per heavy atom. The maximum Gasteiger partial charge on any atom is 0.408 e. The fraction of sp³-hybridized carbons (Fsp3) is 0.300. The third-order valence-corrected chi connectivity index (χ3v) is 7.81. The van der Waals surface area contributed by atoms with Crippen LogP contribution in [0.5, 0.6) is 5.75 Å².